The first-order chi connectivity index (χ1) is 13.0. The minimum atomic E-state index is -0.481. The van der Waals surface area contributed by atoms with Crippen molar-refractivity contribution in [3.05, 3.63) is 71.3 Å². The summed E-state index contributed by atoms with van der Waals surface area (Å²) in [4.78, 5) is 37.8. The molecule has 0 heterocycles. The maximum atomic E-state index is 12.6. The van der Waals surface area contributed by atoms with Crippen molar-refractivity contribution in [3.8, 4) is 0 Å². The molecule has 142 valence electrons. The molecule has 0 saturated heterocycles. The van der Waals surface area contributed by atoms with Gasteiger partial charge in [0.1, 0.15) is 6.54 Å². The first kappa shape index (κ1) is 20.2. The van der Waals surface area contributed by atoms with E-state index in [1.807, 2.05) is 37.3 Å². The number of nitrogens with zero attached hydrogens (tertiary/aromatic N) is 1. The largest absolute Gasteiger partial charge is 0.468 e. The van der Waals surface area contributed by atoms with Gasteiger partial charge in [-0.2, -0.15) is 0 Å². The number of aryl methyl sites for hydroxylation is 1. The molecule has 0 aromatic heterocycles. The molecule has 0 fully saturated rings. The summed E-state index contributed by atoms with van der Waals surface area (Å²) < 4.78 is 4.70. The molecule has 6 nitrogen and oxygen atoms in total. The molecule has 0 aliphatic heterocycles. The second-order valence-electron chi connectivity index (χ2n) is 6.12. The molecule has 2 rings (SSSR count). The molecule has 0 spiro atoms. The fourth-order valence-corrected chi connectivity index (χ4v) is 2.58. The summed E-state index contributed by atoms with van der Waals surface area (Å²) in [5.41, 5.74) is 2.54. The molecule has 2 amide bonds. The molecule has 2 aromatic rings. The Bertz CT molecular complexity index is 790. The highest BCUT2D eigenvalue weighted by molar-refractivity contribution is 5.94. The lowest BCUT2D eigenvalue weighted by atomic mass is 10.1. The maximum absolute atomic E-state index is 12.6. The summed E-state index contributed by atoms with van der Waals surface area (Å²) in [6, 6.07) is 16.5. The summed E-state index contributed by atoms with van der Waals surface area (Å²) in [5, 5.41) is 2.72. The Hall–Kier alpha value is -3.15. The number of hydrogen-bond donors (Lipinski definition) is 1. The maximum Gasteiger partial charge on any atom is 0.325 e. The van der Waals surface area contributed by atoms with Crippen molar-refractivity contribution in [2.24, 2.45) is 0 Å². The van der Waals surface area contributed by atoms with Crippen LogP contribution in [0.3, 0.4) is 0 Å². The Morgan fingerprint density at radius 3 is 2.33 bits per heavy atom. The number of amides is 2. The lowest BCUT2D eigenvalue weighted by molar-refractivity contribution is -0.147. The zero-order chi connectivity index (χ0) is 19.6. The molecule has 0 unspecified atom stereocenters. The van der Waals surface area contributed by atoms with E-state index in [9.17, 15) is 14.4 Å². The highest BCUT2D eigenvalue weighted by atomic mass is 16.5. The van der Waals surface area contributed by atoms with E-state index in [1.54, 1.807) is 24.3 Å². The molecule has 0 bridgehead atoms. The van der Waals surface area contributed by atoms with Gasteiger partial charge in [0.15, 0.2) is 0 Å². The average molecular weight is 368 g/mol. The SMILES string of the molecule is COC(=O)CN(Cc1ccccc1C)C(=O)CCNC(=O)c1ccccc1. The Labute approximate surface area is 159 Å². The molecular formula is C21H24N2O4. The van der Waals surface area contributed by atoms with Crippen molar-refractivity contribution in [2.75, 3.05) is 20.2 Å². The van der Waals surface area contributed by atoms with Gasteiger partial charge in [-0.25, -0.2) is 0 Å². The van der Waals surface area contributed by atoms with Crippen molar-refractivity contribution in [3.63, 3.8) is 0 Å². The van der Waals surface area contributed by atoms with E-state index in [1.165, 1.54) is 12.0 Å². The molecule has 1 N–H and O–H groups in total. The van der Waals surface area contributed by atoms with E-state index < -0.39 is 5.97 Å². The number of carbonyl (C=O) groups is 3. The van der Waals surface area contributed by atoms with Crippen LogP contribution in [0.25, 0.3) is 0 Å². The van der Waals surface area contributed by atoms with Gasteiger partial charge in [0.05, 0.1) is 7.11 Å². The van der Waals surface area contributed by atoms with Gasteiger partial charge < -0.3 is 15.0 Å². The van der Waals surface area contributed by atoms with Crippen LogP contribution in [-0.4, -0.2) is 42.9 Å². The first-order valence-electron chi connectivity index (χ1n) is 8.73. The van der Waals surface area contributed by atoms with Gasteiger partial charge in [0, 0.05) is 25.1 Å². The second-order valence-corrected chi connectivity index (χ2v) is 6.12. The molecule has 0 radical (unpaired) electrons. The van der Waals surface area contributed by atoms with Crippen molar-refractivity contribution >= 4 is 17.8 Å². The molecule has 0 aliphatic rings. The number of rotatable bonds is 8. The van der Waals surface area contributed by atoms with E-state index in [0.717, 1.165) is 11.1 Å². The summed E-state index contributed by atoms with van der Waals surface area (Å²) in [5.74, 6) is -0.941. The van der Waals surface area contributed by atoms with Crippen LogP contribution in [0.2, 0.25) is 0 Å². The fourth-order valence-electron chi connectivity index (χ4n) is 2.58. The van der Waals surface area contributed by atoms with Crippen LogP contribution in [0, 0.1) is 6.92 Å². The van der Waals surface area contributed by atoms with Gasteiger partial charge in [0.25, 0.3) is 5.91 Å². The number of nitrogens with one attached hydrogen (secondary N) is 1. The van der Waals surface area contributed by atoms with E-state index in [2.05, 4.69) is 5.32 Å². The molecule has 0 atom stereocenters. The van der Waals surface area contributed by atoms with Crippen LogP contribution in [0.4, 0.5) is 0 Å². The standard InChI is InChI=1S/C21H24N2O4/c1-16-8-6-7-11-18(16)14-23(15-20(25)27-2)19(24)12-13-22-21(26)17-9-4-3-5-10-17/h3-11H,12-15H2,1-2H3,(H,22,26). The number of hydrogen-bond acceptors (Lipinski definition) is 4. The summed E-state index contributed by atoms with van der Waals surface area (Å²) in [7, 11) is 1.29. The van der Waals surface area contributed by atoms with Gasteiger partial charge in [-0.1, -0.05) is 42.5 Å². The Morgan fingerprint density at radius 1 is 1.00 bits per heavy atom. The summed E-state index contributed by atoms with van der Waals surface area (Å²) >= 11 is 0. The predicted octanol–water partition coefficient (Wildman–Crippen LogP) is 2.32. The van der Waals surface area contributed by atoms with Crippen LogP contribution >= 0.6 is 0 Å². The minimum Gasteiger partial charge on any atom is -0.468 e. The summed E-state index contributed by atoms with van der Waals surface area (Å²) in [6.07, 6.45) is 0.0987. The van der Waals surface area contributed by atoms with Gasteiger partial charge in [-0.15, -0.1) is 0 Å². The van der Waals surface area contributed by atoms with Crippen LogP contribution in [0.1, 0.15) is 27.9 Å². The van der Waals surface area contributed by atoms with Crippen molar-refractivity contribution in [2.45, 2.75) is 19.9 Å². The van der Waals surface area contributed by atoms with E-state index in [-0.39, 0.29) is 31.3 Å². The monoisotopic (exact) mass is 368 g/mol. The van der Waals surface area contributed by atoms with E-state index in [0.29, 0.717) is 12.1 Å². The molecule has 6 heteroatoms. The third-order valence-corrected chi connectivity index (χ3v) is 4.18. The van der Waals surface area contributed by atoms with E-state index in [4.69, 9.17) is 4.74 Å². The topological polar surface area (TPSA) is 75.7 Å². The number of carbonyl (C=O) groups excluding carboxylic acids is 3. The zero-order valence-electron chi connectivity index (χ0n) is 15.6. The summed E-state index contributed by atoms with van der Waals surface area (Å²) in [6.45, 7) is 2.33. The number of esters is 1. The molecule has 0 saturated carbocycles. The fraction of sp³-hybridized carbons (Fsp3) is 0.286. The third kappa shape index (κ3) is 6.26. The smallest absolute Gasteiger partial charge is 0.325 e. The molecule has 2 aromatic carbocycles. The molecule has 27 heavy (non-hydrogen) atoms. The molecular weight excluding hydrogens is 344 g/mol. The van der Waals surface area contributed by atoms with Crippen LogP contribution in [0.15, 0.2) is 54.6 Å². The molecule has 0 aliphatic carbocycles. The Balaban J connectivity index is 1.95. The van der Waals surface area contributed by atoms with Crippen molar-refractivity contribution in [1.82, 2.24) is 10.2 Å². The van der Waals surface area contributed by atoms with Crippen LogP contribution in [0.5, 0.6) is 0 Å². The predicted molar refractivity (Wildman–Crippen MR) is 102 cm³/mol. The average Bonchev–Trinajstić information content (AvgIpc) is 2.69. The third-order valence-electron chi connectivity index (χ3n) is 4.18. The normalized spacial score (nSPS) is 10.1. The van der Waals surface area contributed by atoms with Gasteiger partial charge in [-0.3, -0.25) is 14.4 Å². The zero-order valence-corrected chi connectivity index (χ0v) is 15.6. The Morgan fingerprint density at radius 2 is 1.67 bits per heavy atom. The van der Waals surface area contributed by atoms with Crippen molar-refractivity contribution in [1.29, 1.82) is 0 Å². The lowest BCUT2D eigenvalue weighted by Gasteiger charge is -2.22. The number of ether oxygens (including phenoxy) is 1. The Kier molecular flexibility index (Phi) is 7.55. The van der Waals surface area contributed by atoms with Crippen LogP contribution in [-0.2, 0) is 20.9 Å². The number of benzene rings is 2. The lowest BCUT2D eigenvalue weighted by Crippen LogP contribution is -2.38. The minimum absolute atomic E-state index is 0.0987. The highest BCUT2D eigenvalue weighted by Crippen LogP contribution is 2.11. The quantitative estimate of drug-likeness (QED) is 0.726. The van der Waals surface area contributed by atoms with Gasteiger partial charge in [-0.05, 0) is 30.2 Å². The van der Waals surface area contributed by atoms with Crippen LogP contribution < -0.4 is 5.32 Å². The van der Waals surface area contributed by atoms with Gasteiger partial charge >= 0.3 is 5.97 Å². The highest BCUT2D eigenvalue weighted by Gasteiger charge is 2.19. The van der Waals surface area contributed by atoms with Crippen molar-refractivity contribution < 1.29 is 19.1 Å². The number of methoxy groups -OCH3 is 1. The van der Waals surface area contributed by atoms with Gasteiger partial charge in [0.2, 0.25) is 5.91 Å². The second kappa shape index (κ2) is 10.1. The van der Waals surface area contributed by atoms with E-state index >= 15 is 0 Å². The first-order valence-corrected chi connectivity index (χ1v) is 8.73.